The normalized spacial score (nSPS) is 14.0. The van der Waals surface area contributed by atoms with Gasteiger partial charge in [0.1, 0.15) is 17.8 Å². The van der Waals surface area contributed by atoms with E-state index in [2.05, 4.69) is 25.4 Å². The second-order valence-electron chi connectivity index (χ2n) is 10.3. The van der Waals surface area contributed by atoms with E-state index in [0.717, 1.165) is 18.4 Å². The largest absolute Gasteiger partial charge is 0.383 e. The molecule has 1 amide bonds. The van der Waals surface area contributed by atoms with E-state index in [0.29, 0.717) is 52.2 Å². The number of nitrogens with two attached hydrogens (primary N) is 1. The average Bonchev–Trinajstić information content (AvgIpc) is 3.39. The van der Waals surface area contributed by atoms with Crippen molar-refractivity contribution in [3.63, 3.8) is 0 Å². The molecule has 1 aliphatic heterocycles. The van der Waals surface area contributed by atoms with E-state index in [-0.39, 0.29) is 23.3 Å². The maximum atomic E-state index is 13.3. The molecule has 1 aliphatic rings. The summed E-state index contributed by atoms with van der Waals surface area (Å²) in [6.07, 6.45) is 6.14. The number of pyridine rings is 1. The first-order valence-electron chi connectivity index (χ1n) is 13.5. The van der Waals surface area contributed by atoms with Gasteiger partial charge >= 0.3 is 0 Å². The summed E-state index contributed by atoms with van der Waals surface area (Å²) >= 11 is 5.97. The molecule has 3 N–H and O–H groups in total. The number of aromatic nitrogens is 7. The van der Waals surface area contributed by atoms with E-state index in [4.69, 9.17) is 27.2 Å². The first kappa shape index (κ1) is 27.5. The number of hydrogen-bond donors (Lipinski definition) is 2. The van der Waals surface area contributed by atoms with Gasteiger partial charge in [-0.2, -0.15) is 10.2 Å². The van der Waals surface area contributed by atoms with Gasteiger partial charge in [-0.05, 0) is 51.0 Å². The molecule has 4 aromatic heterocycles. The number of anilines is 2. The monoisotopic (exact) mass is 585 g/mol. The van der Waals surface area contributed by atoms with Crippen molar-refractivity contribution < 1.29 is 9.53 Å². The Morgan fingerprint density at radius 3 is 2.52 bits per heavy atom. The molecule has 0 unspecified atom stereocenters. The number of carbonyl (C=O) groups is 1. The van der Waals surface area contributed by atoms with Crippen LogP contribution in [-0.4, -0.2) is 53.6 Å². The predicted octanol–water partition coefficient (Wildman–Crippen LogP) is 4.53. The second-order valence-corrected chi connectivity index (χ2v) is 10.7. The highest BCUT2D eigenvalue weighted by molar-refractivity contribution is 6.30. The summed E-state index contributed by atoms with van der Waals surface area (Å²) < 4.78 is 9.00. The van der Waals surface area contributed by atoms with Gasteiger partial charge in [-0.1, -0.05) is 23.7 Å². The Hall–Kier alpha value is -4.68. The van der Waals surface area contributed by atoms with Crippen LogP contribution in [0.2, 0.25) is 5.02 Å². The first-order chi connectivity index (χ1) is 20.3. The van der Waals surface area contributed by atoms with E-state index < -0.39 is 11.3 Å². The van der Waals surface area contributed by atoms with Crippen molar-refractivity contribution in [1.82, 2.24) is 34.5 Å². The summed E-state index contributed by atoms with van der Waals surface area (Å²) in [6, 6.07) is 10.4. The number of carbonyl (C=O) groups excluding carboxylic acids is 1. The Balaban J connectivity index is 1.31. The Bertz CT molecular complexity index is 1830. The quantitative estimate of drug-likeness (QED) is 0.292. The van der Waals surface area contributed by atoms with Gasteiger partial charge in [-0.3, -0.25) is 19.3 Å². The standard InChI is InChI=1S/C29H28ClN9O3/c1-16(2)38-14-21(22-8-5-18(30)13-32-22)26(40)25(36-38)29(41)35-19-6-3-17(4-7-19)24-23-27(31)33-15-34-28(23)39(37-24)20-9-11-42-12-10-20/h3-8,13-16,20H,9-12H2,1-2H3,(H,35,41)(H2,31,33,34). The van der Waals surface area contributed by atoms with Gasteiger partial charge < -0.3 is 15.8 Å². The molecule has 12 nitrogen and oxygen atoms in total. The van der Waals surface area contributed by atoms with Crippen molar-refractivity contribution in [2.45, 2.75) is 38.8 Å². The van der Waals surface area contributed by atoms with Gasteiger partial charge in [-0.15, -0.1) is 0 Å². The summed E-state index contributed by atoms with van der Waals surface area (Å²) in [7, 11) is 0. The van der Waals surface area contributed by atoms with Crippen LogP contribution in [0.3, 0.4) is 0 Å². The summed E-state index contributed by atoms with van der Waals surface area (Å²) in [5.74, 6) is -0.293. The lowest BCUT2D eigenvalue weighted by Gasteiger charge is -2.22. The number of nitrogens with one attached hydrogen (secondary N) is 1. The number of fused-ring (bicyclic) bond motifs is 1. The molecule has 0 aliphatic carbocycles. The van der Waals surface area contributed by atoms with E-state index in [9.17, 15) is 9.59 Å². The minimum atomic E-state index is -0.634. The molecule has 214 valence electrons. The third kappa shape index (κ3) is 5.21. The number of halogens is 1. The molecular weight excluding hydrogens is 558 g/mol. The number of amides is 1. The lowest BCUT2D eigenvalue weighted by Crippen LogP contribution is -2.28. The molecule has 0 bridgehead atoms. The smallest absolute Gasteiger partial charge is 0.280 e. The first-order valence-corrected chi connectivity index (χ1v) is 13.9. The van der Waals surface area contributed by atoms with Gasteiger partial charge in [0.15, 0.2) is 11.3 Å². The molecular formula is C29H28ClN9O3. The summed E-state index contributed by atoms with van der Waals surface area (Å²) in [5.41, 5.74) is 8.73. The highest BCUT2D eigenvalue weighted by Gasteiger charge is 2.24. The van der Waals surface area contributed by atoms with E-state index in [1.165, 1.54) is 12.5 Å². The maximum absolute atomic E-state index is 13.3. The van der Waals surface area contributed by atoms with Gasteiger partial charge in [0.25, 0.3) is 5.91 Å². The fourth-order valence-corrected chi connectivity index (χ4v) is 5.03. The molecule has 13 heteroatoms. The van der Waals surface area contributed by atoms with Gasteiger partial charge in [-0.25, -0.2) is 14.6 Å². The summed E-state index contributed by atoms with van der Waals surface area (Å²) in [5, 5.41) is 13.1. The maximum Gasteiger partial charge on any atom is 0.280 e. The predicted molar refractivity (Wildman–Crippen MR) is 159 cm³/mol. The van der Waals surface area contributed by atoms with E-state index in [1.807, 2.05) is 30.7 Å². The molecule has 1 aromatic carbocycles. The zero-order valence-electron chi connectivity index (χ0n) is 23.0. The number of rotatable bonds is 6. The Kier molecular flexibility index (Phi) is 7.40. The number of ether oxygens (including phenoxy) is 1. The molecule has 42 heavy (non-hydrogen) atoms. The van der Waals surface area contributed by atoms with Crippen molar-refractivity contribution in [3.05, 3.63) is 76.1 Å². The molecule has 1 fully saturated rings. The second kappa shape index (κ2) is 11.3. The van der Waals surface area contributed by atoms with Crippen LogP contribution in [0.1, 0.15) is 49.3 Å². The van der Waals surface area contributed by atoms with Gasteiger partial charge in [0.2, 0.25) is 5.43 Å². The zero-order chi connectivity index (χ0) is 29.4. The van der Waals surface area contributed by atoms with Crippen LogP contribution in [0.5, 0.6) is 0 Å². The van der Waals surface area contributed by atoms with Crippen LogP contribution in [-0.2, 0) is 4.74 Å². The van der Waals surface area contributed by atoms with Crippen LogP contribution in [0.15, 0.2) is 59.9 Å². The summed E-state index contributed by atoms with van der Waals surface area (Å²) in [4.78, 5) is 39.6. The van der Waals surface area contributed by atoms with Crippen molar-refractivity contribution in [1.29, 1.82) is 0 Å². The molecule has 5 aromatic rings. The molecule has 0 atom stereocenters. The van der Waals surface area contributed by atoms with Crippen LogP contribution < -0.4 is 16.5 Å². The van der Waals surface area contributed by atoms with E-state index in [1.54, 1.807) is 35.1 Å². The molecule has 0 radical (unpaired) electrons. The molecule has 0 spiro atoms. The average molecular weight is 586 g/mol. The Morgan fingerprint density at radius 1 is 1.07 bits per heavy atom. The fraction of sp³-hybridized carbons (Fsp3) is 0.276. The lowest BCUT2D eigenvalue weighted by atomic mass is 10.1. The van der Waals surface area contributed by atoms with Crippen molar-refractivity contribution in [3.8, 4) is 22.5 Å². The zero-order valence-corrected chi connectivity index (χ0v) is 23.7. The fourth-order valence-electron chi connectivity index (χ4n) is 4.92. The molecule has 6 rings (SSSR count). The van der Waals surface area contributed by atoms with Crippen LogP contribution in [0, 0.1) is 0 Å². The number of benzene rings is 1. The van der Waals surface area contributed by atoms with Crippen molar-refractivity contribution in [2.75, 3.05) is 24.3 Å². The molecule has 1 saturated heterocycles. The number of nitrogen functional groups attached to an aromatic ring is 1. The highest BCUT2D eigenvalue weighted by atomic mass is 35.5. The third-order valence-corrected chi connectivity index (χ3v) is 7.38. The highest BCUT2D eigenvalue weighted by Crippen LogP contribution is 2.34. The molecule has 0 saturated carbocycles. The summed E-state index contributed by atoms with van der Waals surface area (Å²) in [6.45, 7) is 5.13. The van der Waals surface area contributed by atoms with Crippen LogP contribution in [0.4, 0.5) is 11.5 Å². The lowest BCUT2D eigenvalue weighted by molar-refractivity contribution is 0.0674. The minimum Gasteiger partial charge on any atom is -0.383 e. The minimum absolute atomic E-state index is 0.102. The number of hydrogen-bond acceptors (Lipinski definition) is 9. The third-order valence-electron chi connectivity index (χ3n) is 7.16. The van der Waals surface area contributed by atoms with Crippen LogP contribution >= 0.6 is 11.6 Å². The topological polar surface area (TPSA) is 156 Å². The Morgan fingerprint density at radius 2 is 1.83 bits per heavy atom. The van der Waals surface area contributed by atoms with Gasteiger partial charge in [0, 0.05) is 42.9 Å². The Labute approximate surface area is 245 Å². The number of nitrogens with zero attached hydrogens (tertiary/aromatic N) is 7. The molecule has 5 heterocycles. The van der Waals surface area contributed by atoms with Crippen molar-refractivity contribution in [2.24, 2.45) is 0 Å². The SMILES string of the molecule is CC(C)n1cc(-c2ccc(Cl)cn2)c(=O)c(C(=O)Nc2ccc(-c3nn(C4CCOCC4)c4ncnc(N)c34)cc2)n1. The van der Waals surface area contributed by atoms with Crippen LogP contribution in [0.25, 0.3) is 33.5 Å². The van der Waals surface area contributed by atoms with Gasteiger partial charge in [0.05, 0.1) is 27.7 Å². The van der Waals surface area contributed by atoms with E-state index >= 15 is 0 Å². The van der Waals surface area contributed by atoms with Crippen molar-refractivity contribution >= 4 is 40.0 Å².